The molecule has 3 nitrogen and oxygen atoms in total. The minimum atomic E-state index is -0.128. The number of aliphatic hydroxyl groups is 1. The van der Waals surface area contributed by atoms with Crippen LogP contribution in [-0.2, 0) is 6.54 Å². The second-order valence-corrected chi connectivity index (χ2v) is 6.55. The van der Waals surface area contributed by atoms with Crippen LogP contribution in [-0.4, -0.2) is 22.4 Å². The van der Waals surface area contributed by atoms with Gasteiger partial charge in [-0.2, -0.15) is 0 Å². The normalized spacial score (nSPS) is 24.2. The summed E-state index contributed by atoms with van der Waals surface area (Å²) in [6.45, 7) is 0.643. The van der Waals surface area contributed by atoms with Gasteiger partial charge >= 0.3 is 0 Å². The maximum absolute atomic E-state index is 9.95. The fourth-order valence-corrected chi connectivity index (χ4v) is 3.60. The van der Waals surface area contributed by atoms with Gasteiger partial charge < -0.3 is 15.5 Å². The van der Waals surface area contributed by atoms with Gasteiger partial charge in [0.15, 0.2) is 0 Å². The summed E-state index contributed by atoms with van der Waals surface area (Å²) in [6.07, 6.45) is 3.60. The van der Waals surface area contributed by atoms with E-state index in [0.717, 1.165) is 35.7 Å². The summed E-state index contributed by atoms with van der Waals surface area (Å²) < 4.78 is 1.65. The molecule has 0 saturated heterocycles. The number of hydrogen-bond acceptors (Lipinski definition) is 3. The van der Waals surface area contributed by atoms with Gasteiger partial charge in [0, 0.05) is 22.6 Å². The lowest BCUT2D eigenvalue weighted by atomic mass is 9.93. The predicted molar refractivity (Wildman–Crippen MR) is 78.6 cm³/mol. The van der Waals surface area contributed by atoms with Gasteiger partial charge in [-0.3, -0.25) is 0 Å². The highest BCUT2D eigenvalue weighted by molar-refractivity contribution is 9.11. The van der Waals surface area contributed by atoms with Crippen LogP contribution in [0.15, 0.2) is 21.1 Å². The number of aromatic hydroxyl groups is 1. The van der Waals surface area contributed by atoms with Gasteiger partial charge in [-0.15, -0.1) is 0 Å². The van der Waals surface area contributed by atoms with E-state index in [2.05, 4.69) is 37.2 Å². The lowest BCUT2D eigenvalue weighted by Gasteiger charge is -2.26. The molecule has 5 heteroatoms. The Bertz CT molecular complexity index is 418. The molecule has 1 aliphatic carbocycles. The Labute approximate surface area is 124 Å². The lowest BCUT2D eigenvalue weighted by Crippen LogP contribution is -2.34. The van der Waals surface area contributed by atoms with Crippen molar-refractivity contribution in [2.24, 2.45) is 0 Å². The molecular formula is C13H17Br2NO2. The minimum Gasteiger partial charge on any atom is -0.506 e. The molecular weight excluding hydrogens is 362 g/mol. The van der Waals surface area contributed by atoms with E-state index in [1.54, 1.807) is 0 Å². The van der Waals surface area contributed by atoms with E-state index in [0.29, 0.717) is 22.8 Å². The molecule has 2 rings (SSSR count). The van der Waals surface area contributed by atoms with Crippen LogP contribution < -0.4 is 5.32 Å². The zero-order chi connectivity index (χ0) is 13.1. The Morgan fingerprint density at radius 1 is 1.17 bits per heavy atom. The summed E-state index contributed by atoms with van der Waals surface area (Å²) in [5, 5.41) is 22.8. The number of phenolic OH excluding ortho intramolecular Hbond substituents is 1. The van der Waals surface area contributed by atoms with Crippen molar-refractivity contribution in [1.29, 1.82) is 0 Å². The zero-order valence-electron chi connectivity index (χ0n) is 10.00. The smallest absolute Gasteiger partial charge is 0.134 e. The van der Waals surface area contributed by atoms with Gasteiger partial charge in [0.2, 0.25) is 0 Å². The van der Waals surface area contributed by atoms with Crippen molar-refractivity contribution in [2.75, 3.05) is 0 Å². The van der Waals surface area contributed by atoms with Crippen LogP contribution in [0.5, 0.6) is 5.75 Å². The van der Waals surface area contributed by atoms with Crippen LogP contribution in [0.1, 0.15) is 31.2 Å². The molecule has 3 N–H and O–H groups in total. The summed E-state index contributed by atoms with van der Waals surface area (Å²) in [4.78, 5) is 0. The molecule has 0 aromatic heterocycles. The fraction of sp³-hybridized carbons (Fsp3) is 0.538. The Morgan fingerprint density at radius 3 is 2.50 bits per heavy atom. The monoisotopic (exact) mass is 377 g/mol. The molecule has 18 heavy (non-hydrogen) atoms. The molecule has 1 aromatic carbocycles. The molecule has 100 valence electrons. The molecule has 1 aliphatic rings. The van der Waals surface area contributed by atoms with Crippen LogP contribution >= 0.6 is 31.9 Å². The van der Waals surface area contributed by atoms with Crippen LogP contribution in [0.25, 0.3) is 0 Å². The van der Waals surface area contributed by atoms with Crippen molar-refractivity contribution in [3.8, 4) is 5.75 Å². The van der Waals surface area contributed by atoms with Crippen molar-refractivity contribution in [3.63, 3.8) is 0 Å². The standard InChI is InChI=1S/C13H17Br2NO2/c14-9-5-8(13(18)12(15)6-9)7-16-10-1-3-11(17)4-2-10/h5-6,10-11,16-18H,1-4,7H2. The molecule has 0 bridgehead atoms. The molecule has 1 fully saturated rings. The summed E-state index contributed by atoms with van der Waals surface area (Å²) in [7, 11) is 0. The van der Waals surface area contributed by atoms with Crippen LogP contribution in [0, 0.1) is 0 Å². The Balaban J connectivity index is 1.94. The average molecular weight is 379 g/mol. The van der Waals surface area contributed by atoms with E-state index in [4.69, 9.17) is 0 Å². The molecule has 0 spiro atoms. The highest BCUT2D eigenvalue weighted by Crippen LogP contribution is 2.31. The molecule has 0 heterocycles. The van der Waals surface area contributed by atoms with Gasteiger partial charge in [0.05, 0.1) is 10.6 Å². The van der Waals surface area contributed by atoms with Crippen LogP contribution in [0.3, 0.4) is 0 Å². The maximum atomic E-state index is 9.95. The van der Waals surface area contributed by atoms with Gasteiger partial charge in [0.25, 0.3) is 0 Å². The number of hydrogen-bond donors (Lipinski definition) is 3. The van der Waals surface area contributed by atoms with E-state index < -0.39 is 0 Å². The van der Waals surface area contributed by atoms with Crippen molar-refractivity contribution in [1.82, 2.24) is 5.32 Å². The Kier molecular flexibility index (Phi) is 5.06. The van der Waals surface area contributed by atoms with Gasteiger partial charge in [-0.25, -0.2) is 0 Å². The maximum Gasteiger partial charge on any atom is 0.134 e. The van der Waals surface area contributed by atoms with Gasteiger partial charge in [-0.1, -0.05) is 15.9 Å². The third-order valence-corrected chi connectivity index (χ3v) is 4.45. The summed E-state index contributed by atoms with van der Waals surface area (Å²) in [5.41, 5.74) is 0.877. The quantitative estimate of drug-likeness (QED) is 0.756. The van der Waals surface area contributed by atoms with E-state index in [9.17, 15) is 10.2 Å². The van der Waals surface area contributed by atoms with Crippen molar-refractivity contribution < 1.29 is 10.2 Å². The first-order chi connectivity index (χ1) is 8.56. The highest BCUT2D eigenvalue weighted by Gasteiger charge is 2.19. The van der Waals surface area contributed by atoms with E-state index in [1.165, 1.54) is 0 Å². The SMILES string of the molecule is Oc1c(Br)cc(Br)cc1CNC1CCC(O)CC1. The number of phenols is 1. The van der Waals surface area contributed by atoms with Crippen molar-refractivity contribution in [3.05, 3.63) is 26.6 Å². The van der Waals surface area contributed by atoms with E-state index >= 15 is 0 Å². The van der Waals surface area contributed by atoms with Crippen LogP contribution in [0.2, 0.25) is 0 Å². The van der Waals surface area contributed by atoms with E-state index in [-0.39, 0.29) is 6.10 Å². The predicted octanol–water partition coefficient (Wildman–Crippen LogP) is 3.31. The second-order valence-electron chi connectivity index (χ2n) is 4.78. The average Bonchev–Trinajstić information content (AvgIpc) is 2.34. The molecule has 1 aromatic rings. The third kappa shape index (κ3) is 3.70. The van der Waals surface area contributed by atoms with Gasteiger partial charge in [0.1, 0.15) is 5.75 Å². The van der Waals surface area contributed by atoms with Crippen molar-refractivity contribution >= 4 is 31.9 Å². The number of nitrogens with one attached hydrogen (secondary N) is 1. The topological polar surface area (TPSA) is 52.5 Å². The summed E-state index contributed by atoms with van der Waals surface area (Å²) >= 11 is 6.75. The van der Waals surface area contributed by atoms with Gasteiger partial charge in [-0.05, 0) is 53.7 Å². The summed E-state index contributed by atoms with van der Waals surface area (Å²) in [6, 6.07) is 4.19. The van der Waals surface area contributed by atoms with E-state index in [1.807, 2.05) is 12.1 Å². The molecule has 0 amide bonds. The fourth-order valence-electron chi connectivity index (χ4n) is 2.29. The Hall–Kier alpha value is -0.100. The molecule has 1 saturated carbocycles. The number of benzene rings is 1. The first kappa shape index (κ1) is 14.3. The first-order valence-electron chi connectivity index (χ1n) is 6.14. The van der Waals surface area contributed by atoms with Crippen molar-refractivity contribution in [2.45, 2.75) is 44.4 Å². The largest absolute Gasteiger partial charge is 0.506 e. The van der Waals surface area contributed by atoms with Crippen LogP contribution in [0.4, 0.5) is 0 Å². The highest BCUT2D eigenvalue weighted by atomic mass is 79.9. The molecule has 0 atom stereocenters. The molecule has 0 unspecified atom stereocenters. The third-order valence-electron chi connectivity index (χ3n) is 3.39. The Morgan fingerprint density at radius 2 is 1.83 bits per heavy atom. The lowest BCUT2D eigenvalue weighted by molar-refractivity contribution is 0.116. The molecule has 0 radical (unpaired) electrons. The number of halogens is 2. The number of rotatable bonds is 3. The zero-order valence-corrected chi connectivity index (χ0v) is 13.2. The second kappa shape index (κ2) is 6.37. The summed E-state index contributed by atoms with van der Waals surface area (Å²) in [5.74, 6) is 0.293. The number of aliphatic hydroxyl groups excluding tert-OH is 1. The first-order valence-corrected chi connectivity index (χ1v) is 7.73. The minimum absolute atomic E-state index is 0.128. The molecule has 0 aliphatic heterocycles.